The molecule has 25 heavy (non-hydrogen) atoms. The predicted molar refractivity (Wildman–Crippen MR) is 105 cm³/mol. The van der Waals surface area contributed by atoms with Crippen LogP contribution in [0.15, 0.2) is 78.9 Å². The fourth-order valence-corrected chi connectivity index (χ4v) is 3.19. The molecule has 0 fully saturated rings. The van der Waals surface area contributed by atoms with Crippen molar-refractivity contribution in [2.24, 2.45) is 0 Å². The largest absolute Gasteiger partial charge is 0.376 e. The number of hydrogen-bond acceptors (Lipinski definition) is 1. The average Bonchev–Trinajstić information content (AvgIpc) is 2.62. The van der Waals surface area contributed by atoms with Gasteiger partial charge in [-0.05, 0) is 34.6 Å². The van der Waals surface area contributed by atoms with Crippen LogP contribution in [-0.2, 0) is 11.0 Å². The first-order valence-electron chi connectivity index (χ1n) is 8.78. The Bertz CT molecular complexity index is 824. The highest BCUT2D eigenvalue weighted by Gasteiger charge is 2.33. The minimum Gasteiger partial charge on any atom is -0.376 e. The molecule has 0 heterocycles. The molecule has 0 bridgehead atoms. The van der Waals surface area contributed by atoms with E-state index in [0.717, 1.165) is 16.7 Å². The van der Waals surface area contributed by atoms with Gasteiger partial charge < -0.3 is 5.11 Å². The summed E-state index contributed by atoms with van der Waals surface area (Å²) >= 11 is 0. The van der Waals surface area contributed by atoms with Gasteiger partial charge in [0.1, 0.15) is 5.60 Å². The van der Waals surface area contributed by atoms with Gasteiger partial charge in [0.2, 0.25) is 0 Å². The molecule has 1 nitrogen and oxygen atoms in total. The summed E-state index contributed by atoms with van der Waals surface area (Å²) in [6.45, 7) is 8.66. The van der Waals surface area contributed by atoms with Crippen LogP contribution in [-0.4, -0.2) is 5.11 Å². The van der Waals surface area contributed by atoms with E-state index < -0.39 is 5.60 Å². The van der Waals surface area contributed by atoms with E-state index in [1.807, 2.05) is 66.7 Å². The maximum Gasteiger partial charge on any atom is 0.140 e. The fraction of sp³-hybridized carbons (Fsp3) is 0.250. The maximum absolute atomic E-state index is 11.8. The number of aliphatic hydroxyl groups is 1. The summed E-state index contributed by atoms with van der Waals surface area (Å²) in [7, 11) is 0. The van der Waals surface area contributed by atoms with E-state index in [1.165, 1.54) is 11.1 Å². The van der Waals surface area contributed by atoms with Crippen molar-refractivity contribution in [3.63, 3.8) is 0 Å². The van der Waals surface area contributed by atoms with Crippen LogP contribution in [0.1, 0.15) is 48.6 Å². The lowest BCUT2D eigenvalue weighted by molar-refractivity contribution is 0.125. The zero-order valence-electron chi connectivity index (χ0n) is 15.5. The van der Waals surface area contributed by atoms with Gasteiger partial charge in [0.25, 0.3) is 0 Å². The summed E-state index contributed by atoms with van der Waals surface area (Å²) in [6.07, 6.45) is 0. The standard InChI is InChI=1S/C24H26O/c1-18-10-12-21(13-11-18)24(25,20-8-6-5-7-9-20)22-16-14-19(15-17-22)23(2,3)4/h5-17,25H,1-4H3. The molecule has 1 N–H and O–H groups in total. The molecular formula is C24H26O. The van der Waals surface area contributed by atoms with E-state index in [1.54, 1.807) is 0 Å². The van der Waals surface area contributed by atoms with Gasteiger partial charge in [-0.3, -0.25) is 0 Å². The van der Waals surface area contributed by atoms with Crippen LogP contribution in [0.2, 0.25) is 0 Å². The van der Waals surface area contributed by atoms with Crippen molar-refractivity contribution in [2.45, 2.75) is 38.7 Å². The van der Waals surface area contributed by atoms with Gasteiger partial charge in [-0.2, -0.15) is 0 Å². The smallest absolute Gasteiger partial charge is 0.140 e. The van der Waals surface area contributed by atoms with Crippen LogP contribution in [0.5, 0.6) is 0 Å². The summed E-state index contributed by atoms with van der Waals surface area (Å²) in [4.78, 5) is 0. The molecule has 0 radical (unpaired) electrons. The molecule has 1 heteroatoms. The summed E-state index contributed by atoms with van der Waals surface area (Å²) in [6, 6.07) is 26.3. The quantitative estimate of drug-likeness (QED) is 0.622. The normalized spacial score (nSPS) is 14.1. The Labute approximate surface area is 151 Å². The molecule has 0 aliphatic heterocycles. The Balaban J connectivity index is 2.16. The molecular weight excluding hydrogens is 304 g/mol. The first kappa shape index (κ1) is 17.4. The Morgan fingerprint density at radius 3 is 1.44 bits per heavy atom. The van der Waals surface area contributed by atoms with Crippen molar-refractivity contribution in [1.82, 2.24) is 0 Å². The molecule has 0 aliphatic rings. The van der Waals surface area contributed by atoms with Gasteiger partial charge in [-0.25, -0.2) is 0 Å². The van der Waals surface area contributed by atoms with Crippen molar-refractivity contribution in [3.05, 3.63) is 107 Å². The molecule has 0 amide bonds. The van der Waals surface area contributed by atoms with Gasteiger partial charge >= 0.3 is 0 Å². The SMILES string of the molecule is Cc1ccc(C(O)(c2ccccc2)c2ccc(C(C)(C)C)cc2)cc1. The molecule has 3 aromatic carbocycles. The number of rotatable bonds is 3. The molecule has 0 aromatic heterocycles. The number of benzene rings is 3. The van der Waals surface area contributed by atoms with Crippen LogP contribution >= 0.6 is 0 Å². The highest BCUT2D eigenvalue weighted by atomic mass is 16.3. The third-order valence-corrected chi connectivity index (χ3v) is 4.83. The van der Waals surface area contributed by atoms with Crippen molar-refractivity contribution in [2.75, 3.05) is 0 Å². The van der Waals surface area contributed by atoms with Crippen molar-refractivity contribution in [3.8, 4) is 0 Å². The minimum atomic E-state index is -1.16. The molecule has 128 valence electrons. The van der Waals surface area contributed by atoms with Crippen molar-refractivity contribution < 1.29 is 5.11 Å². The van der Waals surface area contributed by atoms with Crippen LogP contribution < -0.4 is 0 Å². The third kappa shape index (κ3) is 3.38. The van der Waals surface area contributed by atoms with Gasteiger partial charge in [0.15, 0.2) is 0 Å². The van der Waals surface area contributed by atoms with Crippen LogP contribution in [0, 0.1) is 6.92 Å². The summed E-state index contributed by atoms with van der Waals surface area (Å²) in [5, 5.41) is 11.8. The van der Waals surface area contributed by atoms with Crippen molar-refractivity contribution in [1.29, 1.82) is 0 Å². The Morgan fingerprint density at radius 2 is 0.960 bits per heavy atom. The van der Waals surface area contributed by atoms with E-state index in [-0.39, 0.29) is 5.41 Å². The Hall–Kier alpha value is -2.38. The predicted octanol–water partition coefficient (Wildman–Crippen LogP) is 5.58. The van der Waals surface area contributed by atoms with E-state index in [0.29, 0.717) is 0 Å². The molecule has 0 aliphatic carbocycles. The van der Waals surface area contributed by atoms with Gasteiger partial charge in [-0.1, -0.05) is 105 Å². The van der Waals surface area contributed by atoms with Gasteiger partial charge in [-0.15, -0.1) is 0 Å². The number of hydrogen-bond donors (Lipinski definition) is 1. The van der Waals surface area contributed by atoms with Gasteiger partial charge in [0.05, 0.1) is 0 Å². The topological polar surface area (TPSA) is 20.2 Å². The zero-order chi connectivity index (χ0) is 18.1. The third-order valence-electron chi connectivity index (χ3n) is 4.83. The molecule has 3 aromatic rings. The highest BCUT2D eigenvalue weighted by Crippen LogP contribution is 2.37. The molecule has 3 rings (SSSR count). The molecule has 1 atom stereocenters. The Kier molecular flexibility index (Phi) is 4.53. The minimum absolute atomic E-state index is 0.0905. The average molecular weight is 330 g/mol. The lowest BCUT2D eigenvalue weighted by Gasteiger charge is -2.31. The zero-order valence-corrected chi connectivity index (χ0v) is 15.5. The second kappa shape index (κ2) is 6.50. The van der Waals surface area contributed by atoms with Crippen LogP contribution in [0.4, 0.5) is 0 Å². The summed E-state index contributed by atoms with van der Waals surface area (Å²) in [5.74, 6) is 0. The molecule has 0 saturated heterocycles. The second-order valence-electron chi connectivity index (χ2n) is 7.77. The maximum atomic E-state index is 11.8. The molecule has 0 saturated carbocycles. The fourth-order valence-electron chi connectivity index (χ4n) is 3.19. The number of aryl methyl sites for hydroxylation is 1. The first-order valence-corrected chi connectivity index (χ1v) is 8.78. The Morgan fingerprint density at radius 1 is 0.560 bits per heavy atom. The molecule has 1 unspecified atom stereocenters. The van der Waals surface area contributed by atoms with Crippen LogP contribution in [0.25, 0.3) is 0 Å². The lowest BCUT2D eigenvalue weighted by Crippen LogP contribution is -2.29. The lowest BCUT2D eigenvalue weighted by atomic mass is 9.78. The molecule has 0 spiro atoms. The highest BCUT2D eigenvalue weighted by molar-refractivity contribution is 5.48. The second-order valence-corrected chi connectivity index (χ2v) is 7.77. The van der Waals surface area contributed by atoms with Crippen LogP contribution in [0.3, 0.4) is 0 Å². The van der Waals surface area contributed by atoms with E-state index in [9.17, 15) is 5.11 Å². The first-order chi connectivity index (χ1) is 11.8. The monoisotopic (exact) mass is 330 g/mol. The van der Waals surface area contributed by atoms with Crippen molar-refractivity contribution >= 4 is 0 Å². The van der Waals surface area contributed by atoms with E-state index >= 15 is 0 Å². The summed E-state index contributed by atoms with van der Waals surface area (Å²) in [5.41, 5.74) is 4.02. The van der Waals surface area contributed by atoms with E-state index in [4.69, 9.17) is 0 Å². The summed E-state index contributed by atoms with van der Waals surface area (Å²) < 4.78 is 0. The van der Waals surface area contributed by atoms with E-state index in [2.05, 4.69) is 39.8 Å². The van der Waals surface area contributed by atoms with Gasteiger partial charge in [0, 0.05) is 0 Å².